The minimum absolute atomic E-state index is 0.193. The van der Waals surface area contributed by atoms with Crippen molar-refractivity contribution < 1.29 is 13.2 Å². The van der Waals surface area contributed by atoms with Gasteiger partial charge in [-0.15, -0.1) is 0 Å². The van der Waals surface area contributed by atoms with Crippen LogP contribution in [-0.2, 0) is 0 Å². The minimum atomic E-state index is -4.00. The summed E-state index contributed by atoms with van der Waals surface area (Å²) in [6.07, 6.45) is 2.36. The summed E-state index contributed by atoms with van der Waals surface area (Å²) in [6.45, 7) is 7.37. The molecule has 0 aromatic heterocycles. The summed E-state index contributed by atoms with van der Waals surface area (Å²) in [5, 5.41) is 3.30. The van der Waals surface area contributed by atoms with E-state index < -0.39 is 12.6 Å². The summed E-state index contributed by atoms with van der Waals surface area (Å²) in [7, 11) is 0. The van der Waals surface area contributed by atoms with Crippen molar-refractivity contribution >= 4 is 0 Å². The molecule has 0 saturated heterocycles. The summed E-state index contributed by atoms with van der Waals surface area (Å²) in [4.78, 5) is 0. The standard InChI is InChI=1S/C15H30F3N/c1-13(2)9-6-4-5-7-12-19-14(3)10-8-11-15(16,17)18/h13-14,19H,4-12H2,1-3H3. The number of rotatable bonds is 11. The van der Waals surface area contributed by atoms with Crippen molar-refractivity contribution in [1.82, 2.24) is 5.32 Å². The van der Waals surface area contributed by atoms with Gasteiger partial charge in [-0.3, -0.25) is 0 Å². The quantitative estimate of drug-likeness (QED) is 0.506. The van der Waals surface area contributed by atoms with Crippen LogP contribution in [0.3, 0.4) is 0 Å². The average molecular weight is 281 g/mol. The molecule has 19 heavy (non-hydrogen) atoms. The van der Waals surface area contributed by atoms with Crippen molar-refractivity contribution in [2.75, 3.05) is 6.54 Å². The molecule has 0 fully saturated rings. The molecule has 0 spiro atoms. The van der Waals surface area contributed by atoms with Crippen LogP contribution in [0.15, 0.2) is 0 Å². The Morgan fingerprint density at radius 1 is 0.842 bits per heavy atom. The smallest absolute Gasteiger partial charge is 0.314 e. The second-order valence-electron chi connectivity index (χ2n) is 5.96. The molecule has 0 saturated carbocycles. The van der Waals surface area contributed by atoms with Gasteiger partial charge in [0.15, 0.2) is 0 Å². The van der Waals surface area contributed by atoms with Crippen LogP contribution in [0, 0.1) is 5.92 Å². The van der Waals surface area contributed by atoms with Crippen molar-refractivity contribution in [3.8, 4) is 0 Å². The van der Waals surface area contributed by atoms with Gasteiger partial charge in [-0.25, -0.2) is 0 Å². The minimum Gasteiger partial charge on any atom is -0.314 e. The predicted octanol–water partition coefficient (Wildman–Crippen LogP) is 5.30. The molecule has 0 aliphatic carbocycles. The molecule has 1 atom stereocenters. The van der Waals surface area contributed by atoms with Crippen molar-refractivity contribution in [3.05, 3.63) is 0 Å². The van der Waals surface area contributed by atoms with E-state index in [0.29, 0.717) is 6.42 Å². The molecule has 116 valence electrons. The molecule has 4 heteroatoms. The van der Waals surface area contributed by atoms with Crippen LogP contribution < -0.4 is 5.32 Å². The van der Waals surface area contributed by atoms with Gasteiger partial charge in [0.05, 0.1) is 0 Å². The highest BCUT2D eigenvalue weighted by atomic mass is 19.4. The van der Waals surface area contributed by atoms with Gasteiger partial charge in [0, 0.05) is 12.5 Å². The van der Waals surface area contributed by atoms with Crippen LogP contribution >= 0.6 is 0 Å². The summed E-state index contributed by atoms with van der Waals surface area (Å²) in [5.41, 5.74) is 0. The van der Waals surface area contributed by atoms with Crippen LogP contribution in [0.5, 0.6) is 0 Å². The maximum absolute atomic E-state index is 12.0. The first-order valence-electron chi connectivity index (χ1n) is 7.61. The van der Waals surface area contributed by atoms with Crippen LogP contribution in [0.2, 0.25) is 0 Å². The molecule has 0 amide bonds. The zero-order valence-electron chi connectivity index (χ0n) is 12.7. The van der Waals surface area contributed by atoms with E-state index in [1.54, 1.807) is 0 Å². The van der Waals surface area contributed by atoms with Crippen molar-refractivity contribution in [2.45, 2.75) is 84.4 Å². The first-order valence-corrected chi connectivity index (χ1v) is 7.61. The Morgan fingerprint density at radius 2 is 1.47 bits per heavy atom. The Kier molecular flexibility index (Phi) is 10.4. The van der Waals surface area contributed by atoms with E-state index >= 15 is 0 Å². The highest BCUT2D eigenvalue weighted by molar-refractivity contribution is 4.62. The van der Waals surface area contributed by atoms with Gasteiger partial charge < -0.3 is 5.32 Å². The molecule has 0 radical (unpaired) electrons. The van der Waals surface area contributed by atoms with E-state index in [0.717, 1.165) is 18.9 Å². The van der Waals surface area contributed by atoms with Gasteiger partial charge in [0.1, 0.15) is 0 Å². The molecule has 0 aromatic rings. The van der Waals surface area contributed by atoms with Gasteiger partial charge in [-0.05, 0) is 38.6 Å². The molecule has 0 aliphatic heterocycles. The highest BCUT2D eigenvalue weighted by Crippen LogP contribution is 2.22. The maximum Gasteiger partial charge on any atom is 0.389 e. The van der Waals surface area contributed by atoms with Gasteiger partial charge in [0.2, 0.25) is 0 Å². The molecule has 1 unspecified atom stereocenters. The molecular weight excluding hydrogens is 251 g/mol. The topological polar surface area (TPSA) is 12.0 Å². The van der Waals surface area contributed by atoms with Gasteiger partial charge >= 0.3 is 6.18 Å². The zero-order chi connectivity index (χ0) is 14.7. The molecule has 1 nitrogen and oxygen atoms in total. The van der Waals surface area contributed by atoms with Crippen LogP contribution in [0.4, 0.5) is 13.2 Å². The lowest BCUT2D eigenvalue weighted by Gasteiger charge is -2.14. The number of hydrogen-bond acceptors (Lipinski definition) is 1. The number of nitrogens with one attached hydrogen (secondary N) is 1. The van der Waals surface area contributed by atoms with Crippen molar-refractivity contribution in [1.29, 1.82) is 0 Å². The Hall–Kier alpha value is -0.250. The van der Waals surface area contributed by atoms with E-state index in [1.165, 1.54) is 25.7 Å². The second kappa shape index (κ2) is 10.5. The lowest BCUT2D eigenvalue weighted by Crippen LogP contribution is -2.27. The van der Waals surface area contributed by atoms with E-state index in [2.05, 4.69) is 19.2 Å². The summed E-state index contributed by atoms with van der Waals surface area (Å²) >= 11 is 0. The Bertz CT molecular complexity index is 202. The average Bonchev–Trinajstić information content (AvgIpc) is 2.25. The third-order valence-electron chi connectivity index (χ3n) is 3.30. The fraction of sp³-hybridized carbons (Fsp3) is 1.00. The van der Waals surface area contributed by atoms with Gasteiger partial charge in [0.25, 0.3) is 0 Å². The summed E-state index contributed by atoms with van der Waals surface area (Å²) in [5.74, 6) is 0.784. The Balaban J connectivity index is 3.27. The van der Waals surface area contributed by atoms with Crippen LogP contribution in [0.1, 0.15) is 72.1 Å². The summed E-state index contributed by atoms with van der Waals surface area (Å²) < 4.78 is 35.9. The second-order valence-corrected chi connectivity index (χ2v) is 5.96. The number of halogens is 3. The Morgan fingerprint density at radius 3 is 2.05 bits per heavy atom. The zero-order valence-corrected chi connectivity index (χ0v) is 12.7. The van der Waals surface area contributed by atoms with Crippen LogP contribution in [-0.4, -0.2) is 18.8 Å². The van der Waals surface area contributed by atoms with E-state index in [9.17, 15) is 13.2 Å². The van der Waals surface area contributed by atoms with Crippen molar-refractivity contribution in [2.24, 2.45) is 5.92 Å². The first-order chi connectivity index (χ1) is 8.81. The fourth-order valence-corrected chi connectivity index (χ4v) is 2.09. The largest absolute Gasteiger partial charge is 0.389 e. The molecule has 0 aliphatic rings. The monoisotopic (exact) mass is 281 g/mol. The van der Waals surface area contributed by atoms with E-state index in [-0.39, 0.29) is 12.5 Å². The molecule has 0 rings (SSSR count). The molecule has 0 heterocycles. The highest BCUT2D eigenvalue weighted by Gasteiger charge is 2.26. The lowest BCUT2D eigenvalue weighted by molar-refractivity contribution is -0.135. The third kappa shape index (κ3) is 15.7. The normalized spacial score (nSPS) is 14.1. The third-order valence-corrected chi connectivity index (χ3v) is 3.30. The molecule has 0 aromatic carbocycles. The van der Waals surface area contributed by atoms with E-state index in [4.69, 9.17) is 0 Å². The van der Waals surface area contributed by atoms with E-state index in [1.807, 2.05) is 6.92 Å². The summed E-state index contributed by atoms with van der Waals surface area (Å²) in [6, 6.07) is 0.193. The predicted molar refractivity (Wildman–Crippen MR) is 75.3 cm³/mol. The van der Waals surface area contributed by atoms with Crippen LogP contribution in [0.25, 0.3) is 0 Å². The van der Waals surface area contributed by atoms with Gasteiger partial charge in [-0.2, -0.15) is 13.2 Å². The maximum atomic E-state index is 12.0. The molecule has 0 bridgehead atoms. The number of hydrogen-bond donors (Lipinski definition) is 1. The Labute approximate surface area is 116 Å². The number of unbranched alkanes of at least 4 members (excludes halogenated alkanes) is 3. The fourth-order valence-electron chi connectivity index (χ4n) is 2.09. The molecule has 1 N–H and O–H groups in total. The SMILES string of the molecule is CC(C)CCCCCCNC(C)CCCC(F)(F)F. The van der Waals surface area contributed by atoms with Crippen molar-refractivity contribution in [3.63, 3.8) is 0 Å². The van der Waals surface area contributed by atoms with Gasteiger partial charge in [-0.1, -0.05) is 39.5 Å². The molecular formula is C15H30F3N. The first kappa shape index (κ1) is 18.8. The number of alkyl halides is 3. The lowest BCUT2D eigenvalue weighted by atomic mass is 10.0.